The molecule has 16 rings (SSSR count). The highest BCUT2D eigenvalue weighted by atomic mass is 16.5. The van der Waals surface area contributed by atoms with Gasteiger partial charge in [0.2, 0.25) is 11.4 Å². The van der Waals surface area contributed by atoms with E-state index in [2.05, 4.69) is 115 Å². The number of H-pyrrole nitrogens is 4. The van der Waals surface area contributed by atoms with Crippen LogP contribution in [-0.2, 0) is 18.9 Å². The minimum absolute atomic E-state index is 0.0800. The number of ether oxygens (including phenoxy) is 8. The van der Waals surface area contributed by atoms with Gasteiger partial charge in [0.05, 0.1) is 69.5 Å². The van der Waals surface area contributed by atoms with Crippen LogP contribution in [0.5, 0.6) is 23.1 Å². The van der Waals surface area contributed by atoms with Crippen molar-refractivity contribution in [3.63, 3.8) is 0 Å². The maximum atomic E-state index is 11.7. The van der Waals surface area contributed by atoms with Crippen LogP contribution in [0, 0.1) is 34.0 Å². The zero-order valence-corrected chi connectivity index (χ0v) is 57.4. The van der Waals surface area contributed by atoms with Gasteiger partial charge in [0, 0.05) is 143 Å². The van der Waals surface area contributed by atoms with E-state index in [1.807, 2.05) is 124 Å². The van der Waals surface area contributed by atoms with Crippen molar-refractivity contribution in [1.29, 1.82) is 15.8 Å². The zero-order valence-electron chi connectivity index (χ0n) is 57.4. The molecule has 0 amide bonds. The van der Waals surface area contributed by atoms with E-state index >= 15 is 0 Å². The van der Waals surface area contributed by atoms with Gasteiger partial charge in [0.25, 0.3) is 0 Å². The van der Waals surface area contributed by atoms with Crippen LogP contribution in [0.15, 0.2) is 193 Å². The number of hydrogen-bond donors (Lipinski definition) is 4. The molecule has 12 aromatic rings. The Morgan fingerprint density at radius 2 is 0.833 bits per heavy atom. The van der Waals surface area contributed by atoms with Gasteiger partial charge in [0.15, 0.2) is 0 Å². The lowest BCUT2D eigenvalue weighted by molar-refractivity contribution is 0.0252. The average Bonchev–Trinajstić information content (AvgIpc) is 1.64. The maximum Gasteiger partial charge on any atom is 0.248 e. The van der Waals surface area contributed by atoms with Crippen LogP contribution < -0.4 is 29.4 Å². The number of fused-ring (bicyclic) bond motifs is 3. The molecule has 0 radical (unpaired) electrons. The Morgan fingerprint density at radius 1 is 0.441 bits per heavy atom. The molecule has 514 valence electrons. The normalized spacial score (nSPS) is 15.3. The van der Waals surface area contributed by atoms with E-state index in [1.165, 1.54) is 5.69 Å². The Hall–Kier alpha value is -11.4. The van der Waals surface area contributed by atoms with Gasteiger partial charge in [-0.2, -0.15) is 15.8 Å². The van der Waals surface area contributed by atoms with Crippen molar-refractivity contribution >= 4 is 38.4 Å². The van der Waals surface area contributed by atoms with Crippen LogP contribution >= 0.6 is 0 Å². The molecule has 102 heavy (non-hydrogen) atoms. The smallest absolute Gasteiger partial charge is 0.248 e. The summed E-state index contributed by atoms with van der Waals surface area (Å²) in [6.45, 7) is 13.6. The van der Waals surface area contributed by atoms with Gasteiger partial charge in [-0.05, 0) is 157 Å². The molecule has 7 aromatic carbocycles. The fraction of sp³-hybridized carbons (Fsp3) is 0.274. The van der Waals surface area contributed by atoms with Gasteiger partial charge in [-0.25, -0.2) is 4.98 Å². The summed E-state index contributed by atoms with van der Waals surface area (Å²) in [7, 11) is 0. The predicted molar refractivity (Wildman–Crippen MR) is 397 cm³/mol. The summed E-state index contributed by atoms with van der Waals surface area (Å²) in [4.78, 5) is 31.5. The first-order valence-corrected chi connectivity index (χ1v) is 34.9. The Labute approximate surface area is 591 Å². The number of hydrogen-bond acceptors (Lipinski definition) is 14. The van der Waals surface area contributed by atoms with E-state index in [0.717, 1.165) is 165 Å². The van der Waals surface area contributed by atoms with Crippen molar-refractivity contribution in [1.82, 2.24) is 24.9 Å². The Balaban J connectivity index is 0.000000130. The number of anilines is 1. The number of aromatic nitrogens is 5. The second kappa shape index (κ2) is 31.0. The second-order valence-electron chi connectivity index (χ2n) is 26.8. The molecule has 18 nitrogen and oxygen atoms in total. The van der Waals surface area contributed by atoms with Crippen molar-refractivity contribution < 1.29 is 37.9 Å². The molecular formula is C84H79N9O9. The summed E-state index contributed by atoms with van der Waals surface area (Å²) >= 11 is 0. The summed E-state index contributed by atoms with van der Waals surface area (Å²) < 4.78 is 46.0. The first-order valence-electron chi connectivity index (χ1n) is 34.9. The number of nitriles is 3. The van der Waals surface area contributed by atoms with Crippen molar-refractivity contribution in [3.05, 3.63) is 215 Å². The summed E-state index contributed by atoms with van der Waals surface area (Å²) in [6, 6.07) is 65.3. The van der Waals surface area contributed by atoms with Crippen LogP contribution in [0.1, 0.15) is 76.0 Å². The summed E-state index contributed by atoms with van der Waals surface area (Å²) in [5.41, 5.74) is 17.4. The number of aromatic amines is 4. The lowest BCUT2D eigenvalue weighted by Crippen LogP contribution is -2.36. The second-order valence-corrected chi connectivity index (χ2v) is 26.8. The Morgan fingerprint density at radius 3 is 1.24 bits per heavy atom. The van der Waals surface area contributed by atoms with E-state index in [0.29, 0.717) is 79.5 Å². The highest BCUT2D eigenvalue weighted by Gasteiger charge is 2.23. The number of pyridine rings is 2. The number of nitrogens with one attached hydrogen (secondary N) is 4. The Kier molecular flexibility index (Phi) is 20.6. The molecule has 18 heteroatoms. The van der Waals surface area contributed by atoms with Gasteiger partial charge in [-0.1, -0.05) is 66.7 Å². The van der Waals surface area contributed by atoms with Gasteiger partial charge in [-0.3, -0.25) is 4.79 Å². The van der Waals surface area contributed by atoms with Crippen molar-refractivity contribution in [2.24, 2.45) is 0 Å². The first-order chi connectivity index (χ1) is 49.9. The van der Waals surface area contributed by atoms with Crippen molar-refractivity contribution in [3.8, 4) is 108 Å². The van der Waals surface area contributed by atoms with E-state index in [4.69, 9.17) is 37.9 Å². The van der Waals surface area contributed by atoms with E-state index < -0.39 is 0 Å². The molecule has 4 aliphatic heterocycles. The van der Waals surface area contributed by atoms with Crippen LogP contribution in [0.4, 0.5) is 5.69 Å². The fourth-order valence-electron chi connectivity index (χ4n) is 13.5. The summed E-state index contributed by atoms with van der Waals surface area (Å²) in [5, 5.41) is 32.6. The molecule has 4 fully saturated rings. The Bertz CT molecular complexity index is 5140. The van der Waals surface area contributed by atoms with Crippen LogP contribution in [0.2, 0.25) is 0 Å². The lowest BCUT2D eigenvalue weighted by atomic mass is 9.99. The molecule has 5 aromatic heterocycles. The third-order valence-corrected chi connectivity index (χ3v) is 18.7. The molecule has 0 unspecified atom stereocenters. The summed E-state index contributed by atoms with van der Waals surface area (Å²) in [5.74, 6) is 2.49. The van der Waals surface area contributed by atoms with E-state index in [9.17, 15) is 20.6 Å². The van der Waals surface area contributed by atoms with E-state index in [1.54, 1.807) is 18.5 Å². The molecule has 9 heterocycles. The maximum absolute atomic E-state index is 11.7. The third kappa shape index (κ3) is 15.9. The quantitative estimate of drug-likeness (QED) is 0.0792. The molecule has 0 spiro atoms. The zero-order chi connectivity index (χ0) is 69.9. The summed E-state index contributed by atoms with van der Waals surface area (Å²) in [6.07, 6.45) is 8.73. The minimum Gasteiger partial charge on any atom is -0.489 e. The third-order valence-electron chi connectivity index (χ3n) is 18.7. The van der Waals surface area contributed by atoms with Crippen molar-refractivity contribution in [2.45, 2.75) is 83.2 Å². The van der Waals surface area contributed by atoms with Crippen LogP contribution in [0.3, 0.4) is 0 Å². The number of morpholine rings is 1. The molecule has 0 saturated carbocycles. The molecule has 4 N–H and O–H groups in total. The van der Waals surface area contributed by atoms with Crippen LogP contribution in [0.25, 0.3) is 99.9 Å². The number of benzene rings is 7. The molecular weight excluding hydrogens is 1280 g/mol. The highest BCUT2D eigenvalue weighted by molar-refractivity contribution is 6.01. The van der Waals surface area contributed by atoms with E-state index in [-0.39, 0.29) is 29.5 Å². The molecule has 4 aliphatic rings. The predicted octanol–water partition coefficient (Wildman–Crippen LogP) is 16.9. The van der Waals surface area contributed by atoms with Gasteiger partial charge in [0.1, 0.15) is 59.4 Å². The van der Waals surface area contributed by atoms with Crippen LogP contribution in [-0.4, -0.2) is 115 Å². The van der Waals surface area contributed by atoms with Crippen molar-refractivity contribution in [2.75, 3.05) is 70.8 Å². The fourth-order valence-corrected chi connectivity index (χ4v) is 13.5. The highest BCUT2D eigenvalue weighted by Crippen LogP contribution is 2.40. The van der Waals surface area contributed by atoms with Gasteiger partial charge >= 0.3 is 0 Å². The molecule has 0 aliphatic carbocycles. The molecule has 0 bridgehead atoms. The topological polar surface area (TPSA) is 242 Å². The monoisotopic (exact) mass is 1360 g/mol. The van der Waals surface area contributed by atoms with Gasteiger partial charge < -0.3 is 62.7 Å². The SMILES string of the molecule is CC(C)(C)Oc1cc(-c2cc3c(-c4ccc(OC5CCOCC5)c(C#N)c4)cccc3[nH]2)ccn1.N#Cc1cc(-c2cccc3[nH]c(-c4cc[nH]c(=O)c4)cc23)ccc1OC1CCOCC1.N#Cc1cc(-c2cccc3[nH]c(-c4ccc(N5CCOCC5)cc4)cc23)ccc1OC1CCOCC1. The molecule has 0 atom stereocenters. The standard InChI is InChI=1S/C30H29N3O3.C29H29N3O3.C25H21N3O3/c31-20-23-18-22(6-9-30(23)36-25-10-14-34-15-11-25)26-2-1-3-28-27(26)19-29(32-28)21-4-7-24(8-5-21)33-12-16-35-17-13-33;1-29(2,3)35-28-16-20(9-12-31-28)26-17-24-23(5-4-6-25(24)32-26)19-7-8-27(21(15-19)18-30)34-22-10-13-33-14-11-22;26-15-18-12-16(4-5-24(18)31-19-7-10-30-11-8-19)20-2-1-3-22-21(20)14-23(28-22)17-6-9-27-25(29)13-17/h1-9,18-19,25,32H,10-17H2;4-9,12,15-17,22,32H,10-11,13-14H2,1-3H3;1-6,9,12-14,19,28H,7-8,10-11H2,(H,27,29). The number of nitrogens with zero attached hydrogens (tertiary/aromatic N) is 5. The largest absolute Gasteiger partial charge is 0.489 e. The first kappa shape index (κ1) is 67.7. The number of rotatable bonds is 14. The minimum atomic E-state index is -0.321. The molecule has 4 saturated heterocycles. The van der Waals surface area contributed by atoms with Gasteiger partial charge in [-0.15, -0.1) is 0 Å². The average molecular weight is 1360 g/mol. The lowest BCUT2D eigenvalue weighted by Gasteiger charge is -2.28.